The summed E-state index contributed by atoms with van der Waals surface area (Å²) in [6, 6.07) is -0.723. The van der Waals surface area contributed by atoms with Crippen molar-refractivity contribution in [3.8, 4) is 0 Å². The van der Waals surface area contributed by atoms with E-state index in [-0.39, 0.29) is 42.7 Å². The van der Waals surface area contributed by atoms with Gasteiger partial charge in [-0.15, -0.1) is 0 Å². The first kappa shape index (κ1) is 60.1. The minimum Gasteiger partial charge on any atom is -0.544 e. The molecule has 0 saturated heterocycles. The van der Waals surface area contributed by atoms with Crippen molar-refractivity contribution in [3.05, 3.63) is 12.2 Å². The summed E-state index contributed by atoms with van der Waals surface area (Å²) in [7, 11) is 5.43. The molecule has 8 heteroatoms. The van der Waals surface area contributed by atoms with Gasteiger partial charge in [-0.3, -0.25) is 9.59 Å². The molecule has 0 rings (SSSR count). The molecule has 0 aromatic rings. The van der Waals surface area contributed by atoms with Crippen LogP contribution in [0.2, 0.25) is 0 Å². The largest absolute Gasteiger partial charge is 0.544 e. The fourth-order valence-electron chi connectivity index (χ4n) is 8.25. The number of carbonyl (C=O) groups excluding carboxylic acids is 3. The summed E-state index contributed by atoms with van der Waals surface area (Å²) >= 11 is 0. The Balaban J connectivity index is 4.17. The standard InChI is InChI=1S/C54H103NO7/c1-6-8-10-12-14-16-18-20-22-24-25-26-27-28-29-31-32-34-36-38-40-42-44-52(56)61-49-50(48-60-47-46-51(54(58)59)55(3,4)5)62-53(57)45-43-41-39-37-35-33-30-23-21-19-17-15-13-11-9-7-2/h27-28,50-51H,6-26,29-49H2,1-5H3/b28-27+. The Morgan fingerprint density at radius 2 is 0.806 bits per heavy atom. The lowest BCUT2D eigenvalue weighted by molar-refractivity contribution is -0.889. The fourth-order valence-corrected chi connectivity index (χ4v) is 8.25. The first-order chi connectivity index (χ1) is 30.1. The molecule has 0 bridgehead atoms. The average Bonchev–Trinajstić information content (AvgIpc) is 3.23. The SMILES string of the molecule is CCCCCCCCCCCCC/C=C/CCCCCCCCCC(=O)OCC(COCCC(C(=O)[O-])[N+](C)(C)C)OC(=O)CCCCCCCCCCCCCCCCCC. The summed E-state index contributed by atoms with van der Waals surface area (Å²) in [5, 5.41) is 11.7. The van der Waals surface area contributed by atoms with Gasteiger partial charge in [0, 0.05) is 19.3 Å². The molecule has 0 fully saturated rings. The molecule has 0 aliphatic carbocycles. The average molecular weight is 878 g/mol. The van der Waals surface area contributed by atoms with E-state index in [0.717, 1.165) is 38.5 Å². The molecule has 2 unspecified atom stereocenters. The second kappa shape index (κ2) is 45.6. The molecular weight excluding hydrogens is 775 g/mol. The summed E-state index contributed by atoms with van der Waals surface area (Å²) in [6.45, 7) is 4.71. The van der Waals surface area contributed by atoms with Gasteiger partial charge in [-0.25, -0.2) is 0 Å². The molecule has 0 N–H and O–H groups in total. The normalized spacial score (nSPS) is 12.9. The van der Waals surface area contributed by atoms with E-state index in [2.05, 4.69) is 26.0 Å². The maximum atomic E-state index is 12.8. The van der Waals surface area contributed by atoms with E-state index >= 15 is 0 Å². The van der Waals surface area contributed by atoms with Gasteiger partial charge in [0.15, 0.2) is 6.10 Å². The maximum absolute atomic E-state index is 12.8. The number of nitrogens with zero attached hydrogens (tertiary/aromatic N) is 1. The molecule has 0 aromatic carbocycles. The van der Waals surface area contributed by atoms with E-state index in [1.54, 1.807) is 0 Å². The van der Waals surface area contributed by atoms with E-state index in [4.69, 9.17) is 14.2 Å². The third kappa shape index (κ3) is 43.3. The second-order valence-electron chi connectivity index (χ2n) is 19.5. The Morgan fingerprint density at radius 3 is 1.16 bits per heavy atom. The highest BCUT2D eigenvalue weighted by Crippen LogP contribution is 2.17. The van der Waals surface area contributed by atoms with Crippen LogP contribution in [0.4, 0.5) is 0 Å². The molecule has 0 saturated carbocycles. The zero-order valence-corrected chi connectivity index (χ0v) is 41.8. The molecular formula is C54H103NO7. The molecule has 366 valence electrons. The number of carbonyl (C=O) groups is 3. The number of carboxylic acid groups (broad SMARTS) is 1. The Bertz CT molecular complexity index is 1020. The quantitative estimate of drug-likeness (QED) is 0.0260. The van der Waals surface area contributed by atoms with Crippen molar-refractivity contribution < 1.29 is 38.2 Å². The molecule has 0 radical (unpaired) electrons. The Kier molecular flexibility index (Phi) is 44.2. The number of hydrogen-bond acceptors (Lipinski definition) is 7. The molecule has 0 aliphatic rings. The van der Waals surface area contributed by atoms with E-state index in [1.807, 2.05) is 21.1 Å². The Hall–Kier alpha value is -1.93. The van der Waals surface area contributed by atoms with E-state index < -0.39 is 18.1 Å². The number of unbranched alkanes of at least 4 members (excludes halogenated alkanes) is 33. The summed E-state index contributed by atoms with van der Waals surface area (Å²) in [6.07, 6.45) is 51.0. The number of ether oxygens (including phenoxy) is 3. The number of hydrogen-bond donors (Lipinski definition) is 0. The van der Waals surface area contributed by atoms with Crippen LogP contribution in [0.1, 0.15) is 264 Å². The molecule has 0 heterocycles. The lowest BCUT2D eigenvalue weighted by Crippen LogP contribution is -2.55. The van der Waals surface area contributed by atoms with Crippen LogP contribution in [0.5, 0.6) is 0 Å². The molecule has 0 aliphatic heterocycles. The number of aliphatic carboxylic acids is 1. The minimum absolute atomic E-state index is 0.0457. The van der Waals surface area contributed by atoms with Gasteiger partial charge < -0.3 is 28.6 Å². The number of esters is 2. The van der Waals surface area contributed by atoms with Gasteiger partial charge in [-0.05, 0) is 38.5 Å². The third-order valence-corrected chi connectivity index (χ3v) is 12.4. The number of quaternary nitrogens is 1. The summed E-state index contributed by atoms with van der Waals surface area (Å²) < 4.78 is 17.3. The van der Waals surface area contributed by atoms with E-state index in [9.17, 15) is 19.5 Å². The van der Waals surface area contributed by atoms with Gasteiger partial charge in [0.25, 0.3) is 0 Å². The second-order valence-corrected chi connectivity index (χ2v) is 19.5. The number of likely N-dealkylation sites (N-methyl/N-ethyl adjacent to an activating group) is 1. The number of carboxylic acids is 1. The molecule has 0 aromatic heterocycles. The Morgan fingerprint density at radius 1 is 0.468 bits per heavy atom. The predicted molar refractivity (Wildman–Crippen MR) is 259 cm³/mol. The molecule has 0 spiro atoms. The monoisotopic (exact) mass is 878 g/mol. The van der Waals surface area contributed by atoms with Crippen molar-refractivity contribution in [1.82, 2.24) is 0 Å². The minimum atomic E-state index is -1.12. The van der Waals surface area contributed by atoms with Gasteiger partial charge >= 0.3 is 11.9 Å². The smallest absolute Gasteiger partial charge is 0.306 e. The lowest BCUT2D eigenvalue weighted by Gasteiger charge is -2.34. The van der Waals surface area contributed by atoms with Crippen molar-refractivity contribution in [3.63, 3.8) is 0 Å². The van der Waals surface area contributed by atoms with Crippen LogP contribution in [-0.2, 0) is 28.6 Å². The molecule has 2 atom stereocenters. The molecule has 8 nitrogen and oxygen atoms in total. The van der Waals surface area contributed by atoms with E-state index in [1.165, 1.54) is 193 Å². The van der Waals surface area contributed by atoms with Crippen molar-refractivity contribution in [2.45, 2.75) is 276 Å². The van der Waals surface area contributed by atoms with Crippen molar-refractivity contribution in [2.75, 3.05) is 41.0 Å². The third-order valence-electron chi connectivity index (χ3n) is 12.4. The summed E-state index contributed by atoms with van der Waals surface area (Å²) in [5.41, 5.74) is 0. The molecule has 62 heavy (non-hydrogen) atoms. The van der Waals surface area contributed by atoms with Crippen LogP contribution in [0.25, 0.3) is 0 Å². The maximum Gasteiger partial charge on any atom is 0.306 e. The summed E-state index contributed by atoms with van der Waals surface area (Å²) in [5.74, 6) is -1.72. The number of allylic oxidation sites excluding steroid dienone is 2. The van der Waals surface area contributed by atoms with Crippen molar-refractivity contribution in [1.29, 1.82) is 0 Å². The van der Waals surface area contributed by atoms with Crippen LogP contribution in [0.15, 0.2) is 12.2 Å². The zero-order valence-electron chi connectivity index (χ0n) is 41.8. The topological polar surface area (TPSA) is 102 Å². The van der Waals surface area contributed by atoms with Gasteiger partial charge in [-0.1, -0.05) is 219 Å². The lowest BCUT2D eigenvalue weighted by atomic mass is 10.0. The highest BCUT2D eigenvalue weighted by atomic mass is 16.6. The van der Waals surface area contributed by atoms with Crippen molar-refractivity contribution >= 4 is 17.9 Å². The highest BCUT2D eigenvalue weighted by molar-refractivity contribution is 5.70. The van der Waals surface area contributed by atoms with Crippen LogP contribution in [0.3, 0.4) is 0 Å². The summed E-state index contributed by atoms with van der Waals surface area (Å²) in [4.78, 5) is 37.0. The van der Waals surface area contributed by atoms with Crippen molar-refractivity contribution in [2.24, 2.45) is 0 Å². The van der Waals surface area contributed by atoms with Crippen LogP contribution < -0.4 is 5.11 Å². The molecule has 0 amide bonds. The predicted octanol–water partition coefficient (Wildman–Crippen LogP) is 14.1. The highest BCUT2D eigenvalue weighted by Gasteiger charge is 2.25. The first-order valence-corrected chi connectivity index (χ1v) is 26.7. The van der Waals surface area contributed by atoms with Gasteiger partial charge in [0.2, 0.25) is 0 Å². The van der Waals surface area contributed by atoms with E-state index in [0.29, 0.717) is 12.8 Å². The Labute approximate surface area is 384 Å². The fraction of sp³-hybridized carbons (Fsp3) is 0.907. The van der Waals surface area contributed by atoms with Crippen LogP contribution >= 0.6 is 0 Å². The van der Waals surface area contributed by atoms with Crippen LogP contribution in [0, 0.1) is 0 Å². The van der Waals surface area contributed by atoms with Crippen LogP contribution in [-0.4, -0.2) is 75.5 Å². The van der Waals surface area contributed by atoms with Gasteiger partial charge in [0.05, 0.1) is 40.3 Å². The van der Waals surface area contributed by atoms with Gasteiger partial charge in [0.1, 0.15) is 12.6 Å². The van der Waals surface area contributed by atoms with Gasteiger partial charge in [-0.2, -0.15) is 0 Å². The zero-order chi connectivity index (χ0) is 45.6. The number of rotatable bonds is 49. The first-order valence-electron chi connectivity index (χ1n) is 26.7.